The minimum absolute atomic E-state index is 0. The van der Waals surface area contributed by atoms with Crippen molar-refractivity contribution in [3.8, 4) is 0 Å². The van der Waals surface area contributed by atoms with Crippen molar-refractivity contribution in [3.63, 3.8) is 0 Å². The van der Waals surface area contributed by atoms with E-state index in [1.807, 2.05) is 0 Å². The highest BCUT2D eigenvalue weighted by Crippen LogP contribution is 2.16. The van der Waals surface area contributed by atoms with Crippen LogP contribution in [0.1, 0.15) is 0 Å². The number of halogens is 3. The molecule has 0 nitrogen and oxygen atoms in total. The van der Waals surface area contributed by atoms with Gasteiger partial charge < -0.3 is 0 Å². The molecule has 0 saturated heterocycles. The Labute approximate surface area is 77.3 Å². The van der Waals surface area contributed by atoms with Crippen molar-refractivity contribution >= 4 is 78.7 Å². The van der Waals surface area contributed by atoms with E-state index in [-0.39, 0.29) is 11.0 Å². The molecule has 0 N–H and O–H groups in total. The smallest absolute Gasteiger partial charge is 0.0592 e. The first-order valence-corrected chi connectivity index (χ1v) is 4.39. The minimum atomic E-state index is 0. The van der Waals surface area contributed by atoms with Crippen LogP contribution >= 0.6 is 67.8 Å². The van der Waals surface area contributed by atoms with E-state index >= 15 is 0 Å². The normalized spacial score (nSPS) is 7.20. The van der Waals surface area contributed by atoms with Gasteiger partial charge >= 0.3 is 0 Å². The number of alkyl halides is 3. The van der Waals surface area contributed by atoms with Crippen LogP contribution in [0.25, 0.3) is 0 Å². The third kappa shape index (κ3) is 21.5. The fraction of sp³-hybridized carbons (Fsp3) is 1.00. The van der Waals surface area contributed by atoms with E-state index in [2.05, 4.69) is 67.8 Å². The molecule has 0 heterocycles. The topological polar surface area (TPSA) is 0 Å². The molecular formula is CH5I3Si. The highest BCUT2D eigenvalue weighted by molar-refractivity contribution is 14.3. The van der Waals surface area contributed by atoms with Crippen LogP contribution in [0.15, 0.2) is 0 Å². The quantitative estimate of drug-likeness (QED) is 0.310. The zero-order valence-electron chi connectivity index (χ0n) is 1.71. The van der Waals surface area contributed by atoms with Gasteiger partial charge in [-0.15, -0.1) is 0 Å². The van der Waals surface area contributed by atoms with Gasteiger partial charge in [-0.1, -0.05) is 67.8 Å². The minimum Gasteiger partial charge on any atom is -0.0592 e. The average Bonchev–Trinajstić information content (AvgIpc) is 0.811. The van der Waals surface area contributed by atoms with Gasteiger partial charge in [0.15, 0.2) is 0 Å². The Balaban J connectivity index is 0. The predicted octanol–water partition coefficient (Wildman–Crippen LogP) is 1.12. The van der Waals surface area contributed by atoms with Crippen LogP contribution in [-0.2, 0) is 0 Å². The molecule has 0 aliphatic carbocycles. The standard InChI is InChI=1S/CHI3.H4Si/c2-1(3)4;/h1H;1H4. The third-order valence-corrected chi connectivity index (χ3v) is 0. The van der Waals surface area contributed by atoms with E-state index in [0.29, 0.717) is 0 Å². The molecule has 0 bridgehead atoms. The zero-order valence-corrected chi connectivity index (χ0v) is 8.18. The van der Waals surface area contributed by atoms with Gasteiger partial charge in [0, 0.05) is 0 Å². The molecule has 0 amide bonds. The van der Waals surface area contributed by atoms with Crippen LogP contribution in [-0.4, -0.2) is 10.9 Å². The van der Waals surface area contributed by atoms with Crippen molar-refractivity contribution in [2.75, 3.05) is 0 Å². The molecule has 0 fully saturated rings. The zero-order chi connectivity index (χ0) is 3.58. The Morgan fingerprint density at radius 2 is 1.00 bits per heavy atom. The summed E-state index contributed by atoms with van der Waals surface area (Å²) in [6.45, 7) is 0. The molecule has 5 heavy (non-hydrogen) atoms. The molecule has 0 aliphatic heterocycles. The average molecular weight is 426 g/mol. The summed E-state index contributed by atoms with van der Waals surface area (Å²) in [7, 11) is 0. The molecule has 0 spiro atoms. The molecule has 34 valence electrons. The molecule has 0 unspecified atom stereocenters. The van der Waals surface area contributed by atoms with Crippen LogP contribution in [0.2, 0.25) is 0 Å². The molecule has 0 saturated carbocycles. The summed E-state index contributed by atoms with van der Waals surface area (Å²) in [6.07, 6.45) is 0. The summed E-state index contributed by atoms with van der Waals surface area (Å²) in [4.78, 5) is 0. The van der Waals surface area contributed by atoms with Crippen LogP contribution < -0.4 is 0 Å². The van der Waals surface area contributed by atoms with Crippen LogP contribution in [0.4, 0.5) is 0 Å². The lowest BCUT2D eigenvalue weighted by Crippen LogP contribution is -1.47. The van der Waals surface area contributed by atoms with Crippen molar-refractivity contribution in [3.05, 3.63) is 0 Å². The molecular weight excluding hydrogens is 421 g/mol. The Morgan fingerprint density at radius 1 is 1.00 bits per heavy atom. The number of hydrogen-bond acceptors (Lipinski definition) is 0. The van der Waals surface area contributed by atoms with Crippen LogP contribution in [0.3, 0.4) is 0 Å². The van der Waals surface area contributed by atoms with Crippen molar-refractivity contribution in [2.24, 2.45) is 0 Å². The Hall–Kier alpha value is 2.41. The summed E-state index contributed by atoms with van der Waals surface area (Å²) < 4.78 is 0.743. The van der Waals surface area contributed by atoms with E-state index in [4.69, 9.17) is 0 Å². The molecule has 0 aromatic rings. The lowest BCUT2D eigenvalue weighted by molar-refractivity contribution is 2.47. The summed E-state index contributed by atoms with van der Waals surface area (Å²) in [5.41, 5.74) is 0. The fourth-order valence-corrected chi connectivity index (χ4v) is 0. The second-order valence-electron chi connectivity index (χ2n) is 0.247. The number of rotatable bonds is 0. The maximum absolute atomic E-state index is 2.32. The van der Waals surface area contributed by atoms with E-state index in [1.54, 1.807) is 0 Å². The van der Waals surface area contributed by atoms with Gasteiger partial charge in [-0.25, -0.2) is 0 Å². The van der Waals surface area contributed by atoms with E-state index in [1.165, 1.54) is 0 Å². The Bertz CT molecular complexity index is 11.6. The maximum Gasteiger partial charge on any atom is 0.114 e. The Kier molecular flexibility index (Phi) is 13.3. The molecule has 0 rings (SSSR count). The SMILES string of the molecule is IC(I)I.[SiH4]. The first kappa shape index (κ1) is 10.4. The van der Waals surface area contributed by atoms with Gasteiger partial charge in [-0.2, -0.15) is 0 Å². The van der Waals surface area contributed by atoms with Crippen molar-refractivity contribution in [1.29, 1.82) is 0 Å². The second kappa shape index (κ2) is 6.41. The number of hydrogen-bond donors (Lipinski definition) is 0. The van der Waals surface area contributed by atoms with Crippen molar-refractivity contribution < 1.29 is 0 Å². The van der Waals surface area contributed by atoms with Gasteiger partial charge in [0.1, 0.15) is -0.0619 Å². The van der Waals surface area contributed by atoms with Crippen molar-refractivity contribution in [1.82, 2.24) is 0 Å². The van der Waals surface area contributed by atoms with Gasteiger partial charge in [0.2, 0.25) is 0 Å². The Morgan fingerprint density at radius 3 is 1.00 bits per heavy atom. The fourth-order valence-electron chi connectivity index (χ4n) is 0. The lowest BCUT2D eigenvalue weighted by atomic mass is 12.0. The first-order valence-electron chi connectivity index (χ1n) is 0.655. The largest absolute Gasteiger partial charge is 0.114 e. The summed E-state index contributed by atoms with van der Waals surface area (Å²) in [5.74, 6) is 0. The van der Waals surface area contributed by atoms with Gasteiger partial charge in [-0.3, -0.25) is 0 Å². The highest BCUT2D eigenvalue weighted by Gasteiger charge is 1.76. The van der Waals surface area contributed by atoms with Crippen LogP contribution in [0, 0.1) is 0 Å². The van der Waals surface area contributed by atoms with E-state index in [0.717, 1.165) is -0.0619 Å². The van der Waals surface area contributed by atoms with E-state index in [9.17, 15) is 0 Å². The molecule has 0 aliphatic rings. The monoisotopic (exact) mass is 426 g/mol. The lowest BCUT2D eigenvalue weighted by Gasteiger charge is -1.71. The van der Waals surface area contributed by atoms with Gasteiger partial charge in [-0.05, 0) is 11.0 Å². The van der Waals surface area contributed by atoms with Gasteiger partial charge in [0.05, 0.1) is 0 Å². The molecule has 0 aromatic heterocycles. The summed E-state index contributed by atoms with van der Waals surface area (Å²) >= 11 is 6.95. The second-order valence-corrected chi connectivity index (χ2v) is 11.1. The predicted molar refractivity (Wildman–Crippen MR) is 57.2 cm³/mol. The summed E-state index contributed by atoms with van der Waals surface area (Å²) in [5, 5.41) is 0. The van der Waals surface area contributed by atoms with Crippen LogP contribution in [0.5, 0.6) is 0 Å². The highest BCUT2D eigenvalue weighted by atomic mass is 127. The first-order chi connectivity index (χ1) is 1.73. The van der Waals surface area contributed by atoms with Crippen molar-refractivity contribution in [2.45, 2.75) is -0.0619 Å². The third-order valence-electron chi connectivity index (χ3n) is 0. The molecule has 0 atom stereocenters. The van der Waals surface area contributed by atoms with E-state index < -0.39 is 0 Å². The van der Waals surface area contributed by atoms with Gasteiger partial charge in [0.25, 0.3) is 0 Å². The molecule has 0 aromatic carbocycles. The molecule has 0 radical (unpaired) electrons. The summed E-state index contributed by atoms with van der Waals surface area (Å²) in [6, 6.07) is 0. The maximum atomic E-state index is 2.32. The molecule has 4 heteroatoms.